The van der Waals surface area contributed by atoms with Crippen molar-refractivity contribution in [3.05, 3.63) is 29.8 Å². The number of hydrogen-bond acceptors (Lipinski definition) is 3. The van der Waals surface area contributed by atoms with Gasteiger partial charge in [0.05, 0.1) is 5.92 Å². The zero-order chi connectivity index (χ0) is 18.1. The summed E-state index contributed by atoms with van der Waals surface area (Å²) < 4.78 is 0. The van der Waals surface area contributed by atoms with E-state index in [-0.39, 0.29) is 23.8 Å². The summed E-state index contributed by atoms with van der Waals surface area (Å²) in [5.41, 5.74) is 7.64. The monoisotopic (exact) mass is 355 g/mol. The van der Waals surface area contributed by atoms with Crippen LogP contribution in [0.25, 0.3) is 0 Å². The number of amides is 2. The Balaban J connectivity index is 1.34. The summed E-state index contributed by atoms with van der Waals surface area (Å²) in [5.74, 6) is 0.897. The van der Waals surface area contributed by atoms with Gasteiger partial charge in [-0.3, -0.25) is 9.59 Å². The van der Waals surface area contributed by atoms with Crippen molar-refractivity contribution < 1.29 is 9.59 Å². The van der Waals surface area contributed by atoms with E-state index in [0.717, 1.165) is 31.4 Å². The lowest BCUT2D eigenvalue weighted by molar-refractivity contribution is -0.121. The normalized spacial score (nSPS) is 31.0. The molecule has 3 saturated carbocycles. The van der Waals surface area contributed by atoms with Gasteiger partial charge in [-0.1, -0.05) is 19.3 Å². The van der Waals surface area contributed by atoms with Crippen molar-refractivity contribution in [2.24, 2.45) is 23.5 Å². The van der Waals surface area contributed by atoms with Crippen molar-refractivity contribution in [1.82, 2.24) is 5.32 Å². The number of hydrogen-bond donors (Lipinski definition) is 3. The summed E-state index contributed by atoms with van der Waals surface area (Å²) in [7, 11) is 0. The Morgan fingerprint density at radius 2 is 1.62 bits per heavy atom. The van der Waals surface area contributed by atoms with Crippen LogP contribution in [0.2, 0.25) is 0 Å². The fourth-order valence-corrected chi connectivity index (χ4v) is 5.17. The van der Waals surface area contributed by atoms with Crippen LogP contribution >= 0.6 is 0 Å². The van der Waals surface area contributed by atoms with Crippen LogP contribution in [-0.4, -0.2) is 23.9 Å². The lowest BCUT2D eigenvalue weighted by atomic mass is 9.84. The van der Waals surface area contributed by atoms with Crippen LogP contribution in [0.4, 0.5) is 5.69 Å². The van der Waals surface area contributed by atoms with Crippen LogP contribution in [0.5, 0.6) is 0 Å². The average molecular weight is 355 g/mol. The van der Waals surface area contributed by atoms with Crippen molar-refractivity contribution in [1.29, 1.82) is 0 Å². The van der Waals surface area contributed by atoms with E-state index in [1.165, 1.54) is 25.7 Å². The molecule has 0 radical (unpaired) electrons. The number of fused-ring (bicyclic) bond motifs is 2. The Morgan fingerprint density at radius 3 is 2.27 bits per heavy atom. The first-order chi connectivity index (χ1) is 12.6. The fraction of sp³-hybridized carbons (Fsp3) is 0.619. The van der Waals surface area contributed by atoms with E-state index in [1.54, 1.807) is 12.1 Å². The van der Waals surface area contributed by atoms with Crippen LogP contribution < -0.4 is 16.4 Å². The summed E-state index contributed by atoms with van der Waals surface area (Å²) in [6.07, 6.45) is 9.19. The van der Waals surface area contributed by atoms with Gasteiger partial charge in [0.15, 0.2) is 0 Å². The molecule has 3 aliphatic rings. The van der Waals surface area contributed by atoms with Crippen molar-refractivity contribution in [3.63, 3.8) is 0 Å². The van der Waals surface area contributed by atoms with Crippen LogP contribution in [0.15, 0.2) is 24.3 Å². The maximum atomic E-state index is 12.6. The minimum atomic E-state index is -0.0666. The molecule has 0 heterocycles. The number of nitrogens with one attached hydrogen (secondary N) is 2. The highest BCUT2D eigenvalue weighted by atomic mass is 16.2. The summed E-state index contributed by atoms with van der Waals surface area (Å²) in [4.78, 5) is 25.0. The van der Waals surface area contributed by atoms with E-state index >= 15 is 0 Å². The second-order valence-corrected chi connectivity index (χ2v) is 8.31. The van der Waals surface area contributed by atoms with E-state index in [9.17, 15) is 9.59 Å². The Hall–Kier alpha value is -1.88. The molecule has 2 amide bonds. The van der Waals surface area contributed by atoms with Crippen LogP contribution in [0, 0.1) is 17.8 Å². The molecule has 4 N–H and O–H groups in total. The second-order valence-electron chi connectivity index (χ2n) is 8.31. The molecule has 26 heavy (non-hydrogen) atoms. The quantitative estimate of drug-likeness (QED) is 0.776. The Labute approximate surface area is 155 Å². The number of nitrogens with two attached hydrogens (primary N) is 1. The predicted octanol–water partition coefficient (Wildman–Crippen LogP) is 3.06. The number of carbonyl (C=O) groups is 2. The molecule has 0 aliphatic heterocycles. The van der Waals surface area contributed by atoms with E-state index in [4.69, 9.17) is 5.73 Å². The highest BCUT2D eigenvalue weighted by Crippen LogP contribution is 2.47. The van der Waals surface area contributed by atoms with E-state index < -0.39 is 0 Å². The average Bonchev–Trinajstić information content (AvgIpc) is 3.24. The molecule has 1 aromatic carbocycles. The van der Waals surface area contributed by atoms with Gasteiger partial charge < -0.3 is 16.4 Å². The van der Waals surface area contributed by atoms with Gasteiger partial charge in [-0.05, 0) is 68.2 Å². The van der Waals surface area contributed by atoms with Crippen molar-refractivity contribution in [3.8, 4) is 0 Å². The SMILES string of the molecule is NC1C2CCC(C2)C1C(=O)Nc1ccc(C(=O)NC2CCCCC2)cc1. The largest absolute Gasteiger partial charge is 0.349 e. The Kier molecular flexibility index (Phi) is 4.98. The van der Waals surface area contributed by atoms with Crippen LogP contribution in [-0.2, 0) is 4.79 Å². The first-order valence-electron chi connectivity index (χ1n) is 10.1. The highest BCUT2D eigenvalue weighted by molar-refractivity contribution is 5.96. The van der Waals surface area contributed by atoms with Crippen molar-refractivity contribution in [2.45, 2.75) is 63.5 Å². The van der Waals surface area contributed by atoms with E-state index in [1.807, 2.05) is 12.1 Å². The first-order valence-corrected chi connectivity index (χ1v) is 10.1. The zero-order valence-corrected chi connectivity index (χ0v) is 15.2. The van der Waals surface area contributed by atoms with Crippen LogP contribution in [0.1, 0.15) is 61.7 Å². The molecule has 2 bridgehead atoms. The fourth-order valence-electron chi connectivity index (χ4n) is 5.17. The van der Waals surface area contributed by atoms with E-state index in [0.29, 0.717) is 23.4 Å². The van der Waals surface area contributed by atoms with Crippen molar-refractivity contribution >= 4 is 17.5 Å². The molecule has 140 valence electrons. The molecule has 3 fully saturated rings. The minimum Gasteiger partial charge on any atom is -0.349 e. The minimum absolute atomic E-state index is 0.00528. The molecule has 3 aliphatic carbocycles. The van der Waals surface area contributed by atoms with Crippen LogP contribution in [0.3, 0.4) is 0 Å². The third-order valence-corrected chi connectivity index (χ3v) is 6.64. The van der Waals surface area contributed by atoms with Gasteiger partial charge >= 0.3 is 0 Å². The molecule has 5 nitrogen and oxygen atoms in total. The zero-order valence-electron chi connectivity index (χ0n) is 15.2. The molecule has 4 atom stereocenters. The van der Waals surface area contributed by atoms with Crippen molar-refractivity contribution in [2.75, 3.05) is 5.32 Å². The number of carbonyl (C=O) groups excluding carboxylic acids is 2. The highest BCUT2D eigenvalue weighted by Gasteiger charge is 2.49. The second kappa shape index (κ2) is 7.39. The Morgan fingerprint density at radius 1 is 0.923 bits per heavy atom. The standard InChI is InChI=1S/C21H29N3O2/c22-19-15-7-6-14(12-15)18(19)21(26)24-17-10-8-13(9-11-17)20(25)23-16-4-2-1-3-5-16/h8-11,14-16,18-19H,1-7,12,22H2,(H,23,25)(H,24,26). The molecular weight excluding hydrogens is 326 g/mol. The maximum Gasteiger partial charge on any atom is 0.251 e. The lowest BCUT2D eigenvalue weighted by Crippen LogP contribution is -2.42. The molecule has 5 heteroatoms. The summed E-state index contributed by atoms with van der Waals surface area (Å²) in [6, 6.07) is 7.49. The molecule has 0 spiro atoms. The lowest BCUT2D eigenvalue weighted by Gasteiger charge is -2.27. The van der Waals surface area contributed by atoms with Gasteiger partial charge in [-0.25, -0.2) is 0 Å². The van der Waals surface area contributed by atoms with Gasteiger partial charge in [0.2, 0.25) is 5.91 Å². The molecular formula is C21H29N3O2. The number of anilines is 1. The predicted molar refractivity (Wildman–Crippen MR) is 102 cm³/mol. The molecule has 4 rings (SSSR count). The molecule has 1 aromatic rings. The first kappa shape index (κ1) is 17.5. The smallest absolute Gasteiger partial charge is 0.251 e. The summed E-state index contributed by atoms with van der Waals surface area (Å²) in [6.45, 7) is 0. The third-order valence-electron chi connectivity index (χ3n) is 6.64. The molecule has 0 aromatic heterocycles. The summed E-state index contributed by atoms with van der Waals surface area (Å²) in [5, 5.41) is 6.12. The van der Waals surface area contributed by atoms with Gasteiger partial charge in [0, 0.05) is 23.3 Å². The molecule has 4 unspecified atom stereocenters. The summed E-state index contributed by atoms with van der Waals surface area (Å²) >= 11 is 0. The van der Waals surface area contributed by atoms with Gasteiger partial charge in [-0.15, -0.1) is 0 Å². The topological polar surface area (TPSA) is 84.2 Å². The van der Waals surface area contributed by atoms with Gasteiger partial charge in [-0.2, -0.15) is 0 Å². The molecule has 0 saturated heterocycles. The van der Waals surface area contributed by atoms with E-state index in [2.05, 4.69) is 10.6 Å². The van der Waals surface area contributed by atoms with Gasteiger partial charge in [0.25, 0.3) is 5.91 Å². The number of benzene rings is 1. The number of rotatable bonds is 4. The van der Waals surface area contributed by atoms with Gasteiger partial charge in [0.1, 0.15) is 0 Å². The third kappa shape index (κ3) is 3.50. The maximum absolute atomic E-state index is 12.6. The Bertz CT molecular complexity index is 664.